The topological polar surface area (TPSA) is 74.5 Å². The SMILES string of the molecule is CCn1nc(Cn2cc(CCN)nn2)c2ccccc21. The van der Waals surface area contributed by atoms with Crippen LogP contribution in [-0.2, 0) is 19.5 Å². The van der Waals surface area contributed by atoms with E-state index in [0.29, 0.717) is 13.1 Å². The molecule has 0 aliphatic carbocycles. The molecule has 6 nitrogen and oxygen atoms in total. The number of fused-ring (bicyclic) bond motifs is 1. The molecule has 2 heterocycles. The van der Waals surface area contributed by atoms with Crippen LogP contribution >= 0.6 is 0 Å². The van der Waals surface area contributed by atoms with E-state index in [9.17, 15) is 0 Å². The van der Waals surface area contributed by atoms with Crippen molar-refractivity contribution in [1.29, 1.82) is 0 Å². The first-order chi connectivity index (χ1) is 9.81. The minimum atomic E-state index is 0.589. The van der Waals surface area contributed by atoms with Gasteiger partial charge < -0.3 is 5.73 Å². The minimum Gasteiger partial charge on any atom is -0.330 e. The molecule has 0 spiro atoms. The number of hydrogen-bond donors (Lipinski definition) is 1. The summed E-state index contributed by atoms with van der Waals surface area (Å²) >= 11 is 0. The number of para-hydroxylation sites is 1. The first-order valence-corrected chi connectivity index (χ1v) is 6.85. The summed E-state index contributed by atoms with van der Waals surface area (Å²) in [5.41, 5.74) is 8.63. The molecular weight excluding hydrogens is 252 g/mol. The van der Waals surface area contributed by atoms with E-state index in [4.69, 9.17) is 5.73 Å². The van der Waals surface area contributed by atoms with Crippen molar-refractivity contribution in [3.05, 3.63) is 41.9 Å². The van der Waals surface area contributed by atoms with Gasteiger partial charge >= 0.3 is 0 Å². The molecule has 3 rings (SSSR count). The van der Waals surface area contributed by atoms with Crippen molar-refractivity contribution in [2.24, 2.45) is 5.73 Å². The van der Waals surface area contributed by atoms with Gasteiger partial charge in [0, 0.05) is 24.5 Å². The second-order valence-electron chi connectivity index (χ2n) is 4.73. The maximum Gasteiger partial charge on any atom is 0.0918 e. The van der Waals surface area contributed by atoms with Gasteiger partial charge in [0.1, 0.15) is 0 Å². The van der Waals surface area contributed by atoms with E-state index in [2.05, 4.69) is 34.5 Å². The lowest BCUT2D eigenvalue weighted by atomic mass is 10.2. The summed E-state index contributed by atoms with van der Waals surface area (Å²) in [6.07, 6.45) is 2.69. The van der Waals surface area contributed by atoms with Crippen molar-refractivity contribution in [2.45, 2.75) is 26.4 Å². The fraction of sp³-hybridized carbons (Fsp3) is 0.357. The molecule has 0 aliphatic heterocycles. The van der Waals surface area contributed by atoms with E-state index in [1.54, 1.807) is 0 Å². The number of aryl methyl sites for hydroxylation is 1. The lowest BCUT2D eigenvalue weighted by Crippen LogP contribution is -2.04. The quantitative estimate of drug-likeness (QED) is 0.756. The van der Waals surface area contributed by atoms with Crippen LogP contribution in [0.2, 0.25) is 0 Å². The summed E-state index contributed by atoms with van der Waals surface area (Å²) in [7, 11) is 0. The minimum absolute atomic E-state index is 0.589. The van der Waals surface area contributed by atoms with Gasteiger partial charge in [0.25, 0.3) is 0 Å². The monoisotopic (exact) mass is 270 g/mol. The highest BCUT2D eigenvalue weighted by Crippen LogP contribution is 2.19. The highest BCUT2D eigenvalue weighted by Gasteiger charge is 2.10. The van der Waals surface area contributed by atoms with Crippen LogP contribution in [0.25, 0.3) is 10.9 Å². The molecular formula is C14H18N6. The van der Waals surface area contributed by atoms with Crippen molar-refractivity contribution >= 4 is 10.9 Å². The van der Waals surface area contributed by atoms with Gasteiger partial charge in [-0.1, -0.05) is 23.4 Å². The summed E-state index contributed by atoms with van der Waals surface area (Å²) in [6.45, 7) is 4.17. The zero-order valence-electron chi connectivity index (χ0n) is 11.5. The second-order valence-corrected chi connectivity index (χ2v) is 4.73. The molecule has 0 amide bonds. The van der Waals surface area contributed by atoms with Crippen LogP contribution in [0.5, 0.6) is 0 Å². The number of hydrogen-bond acceptors (Lipinski definition) is 4. The molecule has 0 radical (unpaired) electrons. The van der Waals surface area contributed by atoms with Gasteiger partial charge in [-0.2, -0.15) is 5.10 Å². The van der Waals surface area contributed by atoms with Gasteiger partial charge in [-0.25, -0.2) is 4.68 Å². The molecule has 0 atom stereocenters. The highest BCUT2D eigenvalue weighted by molar-refractivity contribution is 5.81. The van der Waals surface area contributed by atoms with Crippen molar-refractivity contribution in [3.8, 4) is 0 Å². The van der Waals surface area contributed by atoms with Crippen LogP contribution in [0.15, 0.2) is 30.5 Å². The summed E-state index contributed by atoms with van der Waals surface area (Å²) in [4.78, 5) is 0. The molecule has 0 aliphatic rings. The van der Waals surface area contributed by atoms with Crippen LogP contribution in [0.1, 0.15) is 18.3 Å². The number of aromatic nitrogens is 5. The maximum absolute atomic E-state index is 5.53. The Labute approximate surface area is 117 Å². The smallest absolute Gasteiger partial charge is 0.0918 e. The van der Waals surface area contributed by atoms with Crippen molar-refractivity contribution in [3.63, 3.8) is 0 Å². The molecule has 2 aromatic heterocycles. The number of nitrogens with two attached hydrogens (primary N) is 1. The third-order valence-electron chi connectivity index (χ3n) is 3.33. The van der Waals surface area contributed by atoms with E-state index >= 15 is 0 Å². The van der Waals surface area contributed by atoms with Gasteiger partial charge in [-0.15, -0.1) is 5.10 Å². The number of benzene rings is 1. The molecule has 0 saturated heterocycles. The lowest BCUT2D eigenvalue weighted by Gasteiger charge is -1.97. The molecule has 0 bridgehead atoms. The summed E-state index contributed by atoms with van der Waals surface area (Å²) in [5, 5.41) is 14.1. The number of nitrogens with zero attached hydrogens (tertiary/aromatic N) is 5. The Balaban J connectivity index is 1.93. The Morgan fingerprint density at radius 3 is 2.90 bits per heavy atom. The van der Waals surface area contributed by atoms with Crippen molar-refractivity contribution in [2.75, 3.05) is 6.54 Å². The van der Waals surface area contributed by atoms with Crippen molar-refractivity contribution in [1.82, 2.24) is 24.8 Å². The molecule has 0 saturated carbocycles. The van der Waals surface area contributed by atoms with Crippen LogP contribution in [-0.4, -0.2) is 31.3 Å². The van der Waals surface area contributed by atoms with Gasteiger partial charge in [0.2, 0.25) is 0 Å². The molecule has 6 heteroatoms. The van der Waals surface area contributed by atoms with Crippen LogP contribution in [0, 0.1) is 0 Å². The lowest BCUT2D eigenvalue weighted by molar-refractivity contribution is 0.611. The average Bonchev–Trinajstić information content (AvgIpc) is 3.05. The Morgan fingerprint density at radius 1 is 1.25 bits per heavy atom. The van der Waals surface area contributed by atoms with Crippen LogP contribution in [0.4, 0.5) is 0 Å². The summed E-state index contributed by atoms with van der Waals surface area (Å²) < 4.78 is 3.84. The predicted octanol–water partition coefficient (Wildman–Crippen LogP) is 1.20. The van der Waals surface area contributed by atoms with Gasteiger partial charge in [0.15, 0.2) is 0 Å². The zero-order valence-corrected chi connectivity index (χ0v) is 11.5. The fourth-order valence-electron chi connectivity index (χ4n) is 2.39. The predicted molar refractivity (Wildman–Crippen MR) is 77.3 cm³/mol. The summed E-state index contributed by atoms with van der Waals surface area (Å²) in [5.74, 6) is 0. The first kappa shape index (κ1) is 12.8. The highest BCUT2D eigenvalue weighted by atomic mass is 15.4. The zero-order chi connectivity index (χ0) is 13.9. The van der Waals surface area contributed by atoms with Gasteiger partial charge in [0.05, 0.1) is 23.4 Å². The third kappa shape index (κ3) is 2.30. The molecule has 1 aromatic carbocycles. The second kappa shape index (κ2) is 5.42. The molecule has 0 unspecified atom stereocenters. The summed E-state index contributed by atoms with van der Waals surface area (Å²) in [6, 6.07) is 8.27. The largest absolute Gasteiger partial charge is 0.330 e. The van der Waals surface area contributed by atoms with E-state index in [1.807, 2.05) is 27.7 Å². The fourth-order valence-corrected chi connectivity index (χ4v) is 2.39. The maximum atomic E-state index is 5.53. The van der Waals surface area contributed by atoms with E-state index < -0.39 is 0 Å². The third-order valence-corrected chi connectivity index (χ3v) is 3.33. The van der Waals surface area contributed by atoms with Crippen molar-refractivity contribution < 1.29 is 0 Å². The molecule has 2 N–H and O–H groups in total. The Morgan fingerprint density at radius 2 is 2.10 bits per heavy atom. The Kier molecular flexibility index (Phi) is 3.47. The molecule has 20 heavy (non-hydrogen) atoms. The number of rotatable bonds is 5. The van der Waals surface area contributed by atoms with Gasteiger partial charge in [-0.05, 0) is 19.5 Å². The first-order valence-electron chi connectivity index (χ1n) is 6.85. The van der Waals surface area contributed by atoms with Crippen LogP contribution in [0.3, 0.4) is 0 Å². The van der Waals surface area contributed by atoms with Crippen LogP contribution < -0.4 is 5.73 Å². The molecule has 3 aromatic rings. The normalized spacial score (nSPS) is 11.3. The molecule has 104 valence electrons. The van der Waals surface area contributed by atoms with E-state index in [0.717, 1.165) is 29.9 Å². The Bertz CT molecular complexity index is 711. The van der Waals surface area contributed by atoms with E-state index in [-0.39, 0.29) is 0 Å². The van der Waals surface area contributed by atoms with Gasteiger partial charge in [-0.3, -0.25) is 4.68 Å². The standard InChI is InChI=1S/C14H18N6/c1-2-20-14-6-4-3-5-12(14)13(17-20)10-19-9-11(7-8-15)16-18-19/h3-6,9H,2,7-8,10,15H2,1H3. The Hall–Kier alpha value is -2.21. The average molecular weight is 270 g/mol. The molecule has 0 fully saturated rings. The van der Waals surface area contributed by atoms with E-state index in [1.165, 1.54) is 5.39 Å².